The number of piperazine rings is 1. The lowest BCUT2D eigenvalue weighted by Gasteiger charge is -2.37. The maximum Gasteiger partial charge on any atom is 0.244 e. The molecular formula is C19H25Cl2N3O2. The van der Waals surface area contributed by atoms with Crippen LogP contribution < -0.4 is 15.4 Å². The van der Waals surface area contributed by atoms with Gasteiger partial charge >= 0.3 is 0 Å². The normalized spacial score (nSPS) is 14.7. The third-order valence-corrected chi connectivity index (χ3v) is 4.43. The molecule has 26 heavy (non-hydrogen) atoms. The zero-order chi connectivity index (χ0) is 16.9. The van der Waals surface area contributed by atoms with E-state index in [9.17, 15) is 4.79 Å². The lowest BCUT2D eigenvalue weighted by atomic mass is 10.1. The van der Waals surface area contributed by atoms with Gasteiger partial charge in [-0.3, -0.25) is 4.79 Å². The summed E-state index contributed by atoms with van der Waals surface area (Å²) in [7, 11) is 1.67. The van der Waals surface area contributed by atoms with Crippen LogP contribution in [-0.2, 0) is 4.79 Å². The number of hydrogen-bond acceptors (Lipinski definition) is 4. The van der Waals surface area contributed by atoms with Gasteiger partial charge < -0.3 is 20.3 Å². The van der Waals surface area contributed by atoms with E-state index in [0.717, 1.165) is 30.1 Å². The second-order valence-electron chi connectivity index (χ2n) is 5.90. The molecule has 2 N–H and O–H groups in total. The standard InChI is InChI=1S/C19H23N3O2.2ClH/c1-24-17-9-5-8-16(14-17)21-10-12-22(13-11-21)19(23)18(20)15-6-3-2-4-7-15;;/h2-9,14,18H,10-13,20H2,1H3;2*1H. The Morgan fingerprint density at radius 1 is 1.00 bits per heavy atom. The van der Waals surface area contributed by atoms with Crippen molar-refractivity contribution in [1.82, 2.24) is 4.90 Å². The van der Waals surface area contributed by atoms with Crippen molar-refractivity contribution >= 4 is 36.4 Å². The van der Waals surface area contributed by atoms with Gasteiger partial charge in [-0.15, -0.1) is 24.8 Å². The van der Waals surface area contributed by atoms with Crippen molar-refractivity contribution < 1.29 is 9.53 Å². The highest BCUT2D eigenvalue weighted by Gasteiger charge is 2.26. The first-order chi connectivity index (χ1) is 11.7. The van der Waals surface area contributed by atoms with E-state index in [1.807, 2.05) is 53.4 Å². The molecule has 1 aliphatic heterocycles. The minimum absolute atomic E-state index is 0. The molecular weight excluding hydrogens is 373 g/mol. The fraction of sp³-hybridized carbons (Fsp3) is 0.316. The average Bonchev–Trinajstić information content (AvgIpc) is 2.67. The second kappa shape index (κ2) is 10.3. The number of anilines is 1. The molecule has 0 spiro atoms. The van der Waals surface area contributed by atoms with Crippen LogP contribution in [0.25, 0.3) is 0 Å². The Bertz CT molecular complexity index is 692. The Morgan fingerprint density at radius 2 is 1.65 bits per heavy atom. The third kappa shape index (κ3) is 5.04. The van der Waals surface area contributed by atoms with Crippen molar-refractivity contribution in [2.45, 2.75) is 6.04 Å². The lowest BCUT2D eigenvalue weighted by molar-refractivity contribution is -0.133. The first-order valence-electron chi connectivity index (χ1n) is 8.17. The van der Waals surface area contributed by atoms with Gasteiger partial charge in [-0.2, -0.15) is 0 Å². The molecule has 3 rings (SSSR count). The smallest absolute Gasteiger partial charge is 0.244 e. The Morgan fingerprint density at radius 3 is 2.27 bits per heavy atom. The van der Waals surface area contributed by atoms with Gasteiger partial charge in [0.1, 0.15) is 11.8 Å². The highest BCUT2D eigenvalue weighted by atomic mass is 35.5. The number of carbonyl (C=O) groups excluding carboxylic acids is 1. The van der Waals surface area contributed by atoms with Crippen LogP contribution >= 0.6 is 24.8 Å². The van der Waals surface area contributed by atoms with Gasteiger partial charge in [0.25, 0.3) is 0 Å². The average molecular weight is 398 g/mol. The molecule has 2 aromatic carbocycles. The molecule has 7 heteroatoms. The minimum Gasteiger partial charge on any atom is -0.497 e. The molecule has 0 aromatic heterocycles. The van der Waals surface area contributed by atoms with Crippen molar-refractivity contribution in [1.29, 1.82) is 0 Å². The Labute approximate surface area is 166 Å². The number of nitrogens with zero attached hydrogens (tertiary/aromatic N) is 2. The van der Waals surface area contributed by atoms with Crippen LogP contribution in [0.2, 0.25) is 0 Å². The molecule has 1 heterocycles. The number of carbonyl (C=O) groups is 1. The monoisotopic (exact) mass is 397 g/mol. The summed E-state index contributed by atoms with van der Waals surface area (Å²) in [5.41, 5.74) is 8.11. The molecule has 0 aliphatic carbocycles. The van der Waals surface area contributed by atoms with Crippen LogP contribution in [0.5, 0.6) is 5.75 Å². The van der Waals surface area contributed by atoms with Crippen LogP contribution in [-0.4, -0.2) is 44.1 Å². The van der Waals surface area contributed by atoms with Crippen LogP contribution in [0.4, 0.5) is 5.69 Å². The molecule has 1 atom stereocenters. The first kappa shape index (κ1) is 22.1. The van der Waals surface area contributed by atoms with Gasteiger partial charge in [-0.25, -0.2) is 0 Å². The van der Waals surface area contributed by atoms with Crippen LogP contribution in [0.15, 0.2) is 54.6 Å². The molecule has 0 saturated carbocycles. The maximum absolute atomic E-state index is 12.6. The van der Waals surface area contributed by atoms with Crippen LogP contribution in [0.1, 0.15) is 11.6 Å². The summed E-state index contributed by atoms with van der Waals surface area (Å²) in [6, 6.07) is 16.9. The summed E-state index contributed by atoms with van der Waals surface area (Å²) in [4.78, 5) is 16.7. The molecule has 0 bridgehead atoms. The predicted octanol–water partition coefficient (Wildman–Crippen LogP) is 2.89. The van der Waals surface area contributed by atoms with Gasteiger partial charge in [0.15, 0.2) is 0 Å². The van der Waals surface area contributed by atoms with Gasteiger partial charge in [0, 0.05) is 37.9 Å². The summed E-state index contributed by atoms with van der Waals surface area (Å²) in [6.07, 6.45) is 0. The number of methoxy groups -OCH3 is 1. The van der Waals surface area contributed by atoms with Crippen molar-refractivity contribution in [3.63, 3.8) is 0 Å². The number of benzene rings is 2. The largest absolute Gasteiger partial charge is 0.497 e. The van der Waals surface area contributed by atoms with E-state index >= 15 is 0 Å². The number of hydrogen-bond donors (Lipinski definition) is 1. The summed E-state index contributed by atoms with van der Waals surface area (Å²) >= 11 is 0. The Kier molecular flexibility index (Phi) is 8.72. The predicted molar refractivity (Wildman–Crippen MR) is 110 cm³/mol. The highest BCUT2D eigenvalue weighted by molar-refractivity contribution is 5.85. The topological polar surface area (TPSA) is 58.8 Å². The van der Waals surface area contributed by atoms with Crippen molar-refractivity contribution in [3.8, 4) is 5.75 Å². The summed E-state index contributed by atoms with van der Waals surface area (Å²) in [6.45, 7) is 2.94. The van der Waals surface area contributed by atoms with E-state index in [0.29, 0.717) is 13.1 Å². The molecule has 2 aromatic rings. The quantitative estimate of drug-likeness (QED) is 0.861. The zero-order valence-electron chi connectivity index (χ0n) is 14.7. The molecule has 1 amide bonds. The Balaban J connectivity index is 0.00000169. The van der Waals surface area contributed by atoms with E-state index in [1.54, 1.807) is 7.11 Å². The van der Waals surface area contributed by atoms with E-state index in [1.165, 1.54) is 0 Å². The summed E-state index contributed by atoms with van der Waals surface area (Å²) in [5, 5.41) is 0. The molecule has 1 fully saturated rings. The number of rotatable bonds is 4. The minimum atomic E-state index is -0.588. The van der Waals surface area contributed by atoms with Gasteiger partial charge in [0.2, 0.25) is 5.91 Å². The SMILES string of the molecule is COc1cccc(N2CCN(C(=O)C(N)c3ccccc3)CC2)c1.Cl.Cl. The molecule has 5 nitrogen and oxygen atoms in total. The maximum atomic E-state index is 12.6. The molecule has 1 aliphatic rings. The number of amides is 1. The van der Waals surface area contributed by atoms with Crippen LogP contribution in [0, 0.1) is 0 Å². The second-order valence-corrected chi connectivity index (χ2v) is 5.90. The van der Waals surface area contributed by atoms with Crippen molar-refractivity contribution in [2.75, 3.05) is 38.2 Å². The molecule has 1 unspecified atom stereocenters. The summed E-state index contributed by atoms with van der Waals surface area (Å²) < 4.78 is 5.28. The molecule has 0 radical (unpaired) electrons. The van der Waals surface area contributed by atoms with E-state index in [2.05, 4.69) is 11.0 Å². The Hall–Kier alpha value is -1.95. The van der Waals surface area contributed by atoms with Gasteiger partial charge in [0.05, 0.1) is 7.11 Å². The zero-order valence-corrected chi connectivity index (χ0v) is 16.3. The fourth-order valence-electron chi connectivity index (χ4n) is 2.99. The van der Waals surface area contributed by atoms with Crippen LogP contribution in [0.3, 0.4) is 0 Å². The fourth-order valence-corrected chi connectivity index (χ4v) is 2.99. The lowest BCUT2D eigenvalue weighted by Crippen LogP contribution is -2.51. The van der Waals surface area contributed by atoms with E-state index < -0.39 is 6.04 Å². The third-order valence-electron chi connectivity index (χ3n) is 4.43. The van der Waals surface area contributed by atoms with Crippen molar-refractivity contribution in [3.05, 3.63) is 60.2 Å². The van der Waals surface area contributed by atoms with E-state index in [4.69, 9.17) is 10.5 Å². The number of nitrogens with two attached hydrogens (primary N) is 1. The van der Waals surface area contributed by atoms with Gasteiger partial charge in [-0.05, 0) is 17.7 Å². The summed E-state index contributed by atoms with van der Waals surface area (Å²) in [5.74, 6) is 0.837. The van der Waals surface area contributed by atoms with Gasteiger partial charge in [-0.1, -0.05) is 36.4 Å². The number of ether oxygens (including phenoxy) is 1. The highest BCUT2D eigenvalue weighted by Crippen LogP contribution is 2.23. The van der Waals surface area contributed by atoms with Crippen molar-refractivity contribution in [2.24, 2.45) is 5.73 Å². The molecule has 1 saturated heterocycles. The molecule has 142 valence electrons. The number of halogens is 2. The first-order valence-corrected chi connectivity index (χ1v) is 8.17. The van der Waals surface area contributed by atoms with E-state index in [-0.39, 0.29) is 30.7 Å².